The molecule has 1 aliphatic rings. The minimum absolute atomic E-state index is 0.234. The van der Waals surface area contributed by atoms with Crippen LogP contribution in [0.2, 0.25) is 0 Å². The maximum Gasteiger partial charge on any atom is 0.336 e. The van der Waals surface area contributed by atoms with Gasteiger partial charge in [-0.25, -0.2) is 4.79 Å². The molecule has 1 N–H and O–H groups in total. The van der Waals surface area contributed by atoms with Crippen molar-refractivity contribution in [1.82, 2.24) is 0 Å². The minimum Gasteiger partial charge on any atom is -0.492 e. The van der Waals surface area contributed by atoms with Crippen molar-refractivity contribution < 1.29 is 28.2 Å². The van der Waals surface area contributed by atoms with Gasteiger partial charge in [-0.05, 0) is 38.5 Å². The van der Waals surface area contributed by atoms with Crippen LogP contribution < -0.4 is 30.1 Å². The van der Waals surface area contributed by atoms with Crippen LogP contribution in [0, 0.1) is 6.92 Å². The number of morpholine rings is 1. The quantitative estimate of drug-likeness (QED) is 0.461. The van der Waals surface area contributed by atoms with Crippen LogP contribution in [0.4, 0.5) is 11.4 Å². The Kier molecular flexibility index (Phi) is 7.77. The molecule has 0 bridgehead atoms. The summed E-state index contributed by atoms with van der Waals surface area (Å²) in [5.74, 6) is 1.27. The molecule has 0 saturated carbocycles. The number of hydrogen-bond acceptors (Lipinski definition) is 8. The summed E-state index contributed by atoms with van der Waals surface area (Å²) in [6.45, 7) is 9.11. The lowest BCUT2D eigenvalue weighted by molar-refractivity contribution is -0.118. The highest BCUT2D eigenvalue weighted by atomic mass is 16.5. The summed E-state index contributed by atoms with van der Waals surface area (Å²) in [6.07, 6.45) is 0. The van der Waals surface area contributed by atoms with E-state index in [0.717, 1.165) is 29.7 Å². The number of benzene rings is 2. The fourth-order valence-electron chi connectivity index (χ4n) is 3.97. The highest BCUT2D eigenvalue weighted by Crippen LogP contribution is 2.39. The fraction of sp³-hybridized carbons (Fsp3) is 0.385. The number of carbonyl (C=O) groups is 1. The Hall–Kier alpha value is -3.72. The predicted octanol–water partition coefficient (Wildman–Crippen LogP) is 3.75. The Bertz CT molecular complexity index is 1250. The molecule has 2 heterocycles. The molecular formula is C26H30N2O7. The molecule has 9 heteroatoms. The van der Waals surface area contributed by atoms with Crippen LogP contribution in [0.1, 0.15) is 19.4 Å². The van der Waals surface area contributed by atoms with Gasteiger partial charge in [-0.15, -0.1) is 0 Å². The lowest BCUT2D eigenvalue weighted by atomic mass is 10.1. The molecule has 35 heavy (non-hydrogen) atoms. The number of ether oxygens (including phenoxy) is 4. The van der Waals surface area contributed by atoms with E-state index in [0.29, 0.717) is 54.9 Å². The second-order valence-electron chi connectivity index (χ2n) is 8.02. The largest absolute Gasteiger partial charge is 0.492 e. The first-order valence-corrected chi connectivity index (χ1v) is 11.7. The van der Waals surface area contributed by atoms with Crippen LogP contribution in [0.5, 0.6) is 17.2 Å². The van der Waals surface area contributed by atoms with E-state index >= 15 is 0 Å². The van der Waals surface area contributed by atoms with Crippen molar-refractivity contribution in [2.24, 2.45) is 0 Å². The van der Waals surface area contributed by atoms with Gasteiger partial charge in [0.15, 0.2) is 6.61 Å². The maximum atomic E-state index is 12.7. The van der Waals surface area contributed by atoms with Crippen molar-refractivity contribution in [2.45, 2.75) is 20.8 Å². The van der Waals surface area contributed by atoms with Crippen molar-refractivity contribution in [3.05, 3.63) is 52.4 Å². The molecule has 3 aromatic rings. The van der Waals surface area contributed by atoms with Crippen LogP contribution >= 0.6 is 0 Å². The van der Waals surface area contributed by atoms with Gasteiger partial charge in [0.1, 0.15) is 22.8 Å². The van der Waals surface area contributed by atoms with Gasteiger partial charge < -0.3 is 33.6 Å². The van der Waals surface area contributed by atoms with Gasteiger partial charge in [0.05, 0.1) is 37.8 Å². The average molecular weight is 483 g/mol. The summed E-state index contributed by atoms with van der Waals surface area (Å²) in [5, 5.41) is 3.68. The zero-order valence-corrected chi connectivity index (χ0v) is 20.2. The molecule has 186 valence electrons. The highest BCUT2D eigenvalue weighted by molar-refractivity contribution is 5.94. The van der Waals surface area contributed by atoms with E-state index < -0.39 is 5.63 Å². The lowest BCUT2D eigenvalue weighted by Crippen LogP contribution is -2.36. The third-order valence-corrected chi connectivity index (χ3v) is 5.58. The molecule has 1 aromatic heterocycles. The average Bonchev–Trinajstić information content (AvgIpc) is 2.84. The number of nitrogens with one attached hydrogen (secondary N) is 1. The number of fused-ring (bicyclic) bond motifs is 1. The SMILES string of the molecule is CCOc1cc(N2CCOCC2)c(OCC)cc1NC(=O)COc1ccc2c(C)cc(=O)oc2c1. The van der Waals surface area contributed by atoms with Gasteiger partial charge in [0, 0.05) is 42.7 Å². The number of carbonyl (C=O) groups excluding carboxylic acids is 1. The van der Waals surface area contributed by atoms with E-state index in [2.05, 4.69) is 10.2 Å². The molecule has 2 aromatic carbocycles. The molecule has 1 fully saturated rings. The van der Waals surface area contributed by atoms with E-state index in [1.165, 1.54) is 6.07 Å². The molecule has 1 aliphatic heterocycles. The number of hydrogen-bond donors (Lipinski definition) is 1. The monoisotopic (exact) mass is 482 g/mol. The van der Waals surface area contributed by atoms with Crippen LogP contribution in [0.15, 0.2) is 45.6 Å². The molecule has 0 unspecified atom stereocenters. The first-order chi connectivity index (χ1) is 17.0. The van der Waals surface area contributed by atoms with Crippen molar-refractivity contribution in [2.75, 3.05) is 56.3 Å². The maximum absolute atomic E-state index is 12.7. The van der Waals surface area contributed by atoms with Gasteiger partial charge in [0.2, 0.25) is 0 Å². The summed E-state index contributed by atoms with van der Waals surface area (Å²) >= 11 is 0. The molecule has 0 spiro atoms. The number of nitrogens with zero attached hydrogens (tertiary/aromatic N) is 1. The van der Waals surface area contributed by atoms with E-state index in [-0.39, 0.29) is 12.5 Å². The van der Waals surface area contributed by atoms with Crippen LogP contribution in [0.25, 0.3) is 11.0 Å². The fourth-order valence-corrected chi connectivity index (χ4v) is 3.97. The lowest BCUT2D eigenvalue weighted by Gasteiger charge is -2.31. The standard InChI is InChI=1S/C26H30N2O7/c1-4-32-23-15-21(28-8-10-31-11-9-28)24(33-5-2)14-20(23)27-25(29)16-34-18-6-7-19-17(3)12-26(30)35-22(19)13-18/h6-7,12-15H,4-5,8-11,16H2,1-3H3,(H,27,29). The topological polar surface area (TPSA) is 99.5 Å². The van der Waals surface area contributed by atoms with Crippen LogP contribution in [0.3, 0.4) is 0 Å². The molecule has 4 rings (SSSR count). The Morgan fingerprint density at radius 1 is 1.00 bits per heavy atom. The zero-order valence-electron chi connectivity index (χ0n) is 20.2. The number of amides is 1. The summed E-state index contributed by atoms with van der Waals surface area (Å²) in [4.78, 5) is 26.6. The Labute approximate surface area is 203 Å². The van der Waals surface area contributed by atoms with Gasteiger partial charge in [0.25, 0.3) is 5.91 Å². The van der Waals surface area contributed by atoms with Gasteiger partial charge in [-0.2, -0.15) is 0 Å². The summed E-state index contributed by atoms with van der Waals surface area (Å²) in [7, 11) is 0. The molecule has 0 atom stereocenters. The van der Waals surface area contributed by atoms with E-state index in [1.807, 2.05) is 26.8 Å². The highest BCUT2D eigenvalue weighted by Gasteiger charge is 2.20. The summed E-state index contributed by atoms with van der Waals surface area (Å²) in [5.41, 5.74) is 2.20. The molecular weight excluding hydrogens is 452 g/mol. The minimum atomic E-state index is -0.432. The second-order valence-corrected chi connectivity index (χ2v) is 8.02. The van der Waals surface area contributed by atoms with Crippen molar-refractivity contribution in [1.29, 1.82) is 0 Å². The molecule has 0 aliphatic carbocycles. The third kappa shape index (κ3) is 5.86. The van der Waals surface area contributed by atoms with Crippen molar-refractivity contribution >= 4 is 28.3 Å². The van der Waals surface area contributed by atoms with Crippen LogP contribution in [-0.2, 0) is 9.53 Å². The first-order valence-electron chi connectivity index (χ1n) is 11.7. The predicted molar refractivity (Wildman–Crippen MR) is 133 cm³/mol. The van der Waals surface area contributed by atoms with Gasteiger partial charge >= 0.3 is 5.63 Å². The number of rotatable bonds is 9. The van der Waals surface area contributed by atoms with E-state index in [9.17, 15) is 9.59 Å². The van der Waals surface area contributed by atoms with Gasteiger partial charge in [-0.3, -0.25) is 4.79 Å². The molecule has 0 radical (unpaired) electrons. The number of anilines is 2. The van der Waals surface area contributed by atoms with Gasteiger partial charge in [-0.1, -0.05) is 0 Å². The normalized spacial score (nSPS) is 13.5. The Morgan fingerprint density at radius 3 is 2.49 bits per heavy atom. The summed E-state index contributed by atoms with van der Waals surface area (Å²) < 4.78 is 28.1. The zero-order chi connectivity index (χ0) is 24.8. The summed E-state index contributed by atoms with van der Waals surface area (Å²) in [6, 6.07) is 10.3. The molecule has 1 amide bonds. The smallest absolute Gasteiger partial charge is 0.336 e. The number of aryl methyl sites for hydroxylation is 1. The molecule has 1 saturated heterocycles. The molecule has 9 nitrogen and oxygen atoms in total. The van der Waals surface area contributed by atoms with Crippen molar-refractivity contribution in [3.63, 3.8) is 0 Å². The van der Waals surface area contributed by atoms with Crippen LogP contribution in [-0.4, -0.2) is 52.0 Å². The first kappa shape index (κ1) is 24.4. The van der Waals surface area contributed by atoms with E-state index in [1.54, 1.807) is 24.3 Å². The van der Waals surface area contributed by atoms with Crippen molar-refractivity contribution in [3.8, 4) is 17.2 Å². The Balaban J connectivity index is 1.51. The third-order valence-electron chi connectivity index (χ3n) is 5.58. The Morgan fingerprint density at radius 2 is 1.74 bits per heavy atom. The second kappa shape index (κ2) is 11.1. The van der Waals surface area contributed by atoms with E-state index in [4.69, 9.17) is 23.4 Å².